The quantitative estimate of drug-likeness (QED) is 0.736. The second-order valence-corrected chi connectivity index (χ2v) is 3.93. The topological polar surface area (TPSA) is 74.6 Å². The van der Waals surface area contributed by atoms with Crippen molar-refractivity contribution >= 4 is 16.6 Å². The molecule has 2 aromatic rings. The van der Waals surface area contributed by atoms with Crippen molar-refractivity contribution < 1.29 is 14.9 Å². The fraction of sp³-hybridized carbons (Fsp3) is 0.308. The zero-order valence-corrected chi connectivity index (χ0v) is 10.1. The number of aliphatic hydroxyl groups excluding tert-OH is 2. The number of pyridine rings is 1. The van der Waals surface area contributed by atoms with Gasteiger partial charge in [-0.1, -0.05) is 12.1 Å². The number of ether oxygens (including phenoxy) is 1. The van der Waals surface area contributed by atoms with E-state index < -0.39 is 6.10 Å². The first-order chi connectivity index (χ1) is 8.76. The van der Waals surface area contributed by atoms with Crippen molar-refractivity contribution in [1.82, 2.24) is 4.98 Å². The molecule has 1 heterocycles. The Hall–Kier alpha value is -1.85. The molecule has 1 aromatic carbocycles. The summed E-state index contributed by atoms with van der Waals surface area (Å²) in [7, 11) is 1.60. The lowest BCUT2D eigenvalue weighted by Crippen LogP contribution is -2.23. The average molecular weight is 248 g/mol. The van der Waals surface area contributed by atoms with Crippen LogP contribution in [-0.4, -0.2) is 41.6 Å². The molecule has 0 fully saturated rings. The number of nitrogens with zero attached hydrogens (tertiary/aromatic N) is 1. The monoisotopic (exact) mass is 248 g/mol. The highest BCUT2D eigenvalue weighted by atomic mass is 16.5. The molecule has 1 atom stereocenters. The number of aromatic nitrogens is 1. The predicted octanol–water partition coefficient (Wildman–Crippen LogP) is 1.01. The van der Waals surface area contributed by atoms with Gasteiger partial charge in [-0.2, -0.15) is 0 Å². The molecule has 1 aromatic heterocycles. The Morgan fingerprint density at radius 1 is 1.39 bits per heavy atom. The van der Waals surface area contributed by atoms with E-state index in [-0.39, 0.29) is 13.2 Å². The van der Waals surface area contributed by atoms with Gasteiger partial charge in [0.05, 0.1) is 19.8 Å². The number of aliphatic hydroxyl groups is 2. The molecule has 3 N–H and O–H groups in total. The molecule has 0 aliphatic rings. The van der Waals surface area contributed by atoms with Gasteiger partial charge < -0.3 is 20.3 Å². The molecule has 5 nitrogen and oxygen atoms in total. The van der Waals surface area contributed by atoms with Crippen molar-refractivity contribution in [3.63, 3.8) is 0 Å². The van der Waals surface area contributed by atoms with Crippen LogP contribution in [-0.2, 0) is 0 Å². The number of methoxy groups -OCH3 is 1. The van der Waals surface area contributed by atoms with E-state index in [0.29, 0.717) is 5.75 Å². The molecule has 0 aliphatic heterocycles. The van der Waals surface area contributed by atoms with Gasteiger partial charge in [0.1, 0.15) is 11.3 Å². The average Bonchev–Trinajstić information content (AvgIpc) is 2.43. The number of fused-ring (bicyclic) bond motifs is 1. The third-order valence-electron chi connectivity index (χ3n) is 2.69. The molecule has 96 valence electrons. The SMILES string of the molecule is COc1cccc2c(NC[C@@H](O)CO)ccnc12. The second kappa shape index (κ2) is 5.66. The van der Waals surface area contributed by atoms with Crippen molar-refractivity contribution in [2.45, 2.75) is 6.10 Å². The van der Waals surface area contributed by atoms with Crippen LogP contribution in [0.1, 0.15) is 0 Å². The van der Waals surface area contributed by atoms with Crippen LogP contribution >= 0.6 is 0 Å². The van der Waals surface area contributed by atoms with Crippen molar-refractivity contribution in [3.8, 4) is 5.75 Å². The summed E-state index contributed by atoms with van der Waals surface area (Å²) in [5, 5.41) is 22.1. The molecular weight excluding hydrogens is 232 g/mol. The maximum absolute atomic E-state index is 9.34. The molecule has 0 bridgehead atoms. The zero-order valence-electron chi connectivity index (χ0n) is 10.1. The molecule has 5 heteroatoms. The largest absolute Gasteiger partial charge is 0.494 e. The van der Waals surface area contributed by atoms with Gasteiger partial charge in [-0.15, -0.1) is 0 Å². The second-order valence-electron chi connectivity index (χ2n) is 3.93. The van der Waals surface area contributed by atoms with E-state index in [2.05, 4.69) is 10.3 Å². The Kier molecular flexibility index (Phi) is 3.96. The Balaban J connectivity index is 2.34. The molecule has 0 saturated heterocycles. The maximum atomic E-state index is 9.34. The third kappa shape index (κ3) is 2.52. The maximum Gasteiger partial charge on any atom is 0.145 e. The Morgan fingerprint density at radius 3 is 2.94 bits per heavy atom. The van der Waals surface area contributed by atoms with E-state index in [1.54, 1.807) is 13.3 Å². The standard InChI is InChI=1S/C13H16N2O3/c1-18-12-4-2-3-10-11(5-6-14-13(10)12)15-7-9(17)8-16/h2-6,9,16-17H,7-8H2,1H3,(H,14,15)/t9-/m1/s1. The molecule has 0 unspecified atom stereocenters. The number of benzene rings is 1. The van der Waals surface area contributed by atoms with E-state index in [0.717, 1.165) is 16.6 Å². The smallest absolute Gasteiger partial charge is 0.145 e. The van der Waals surface area contributed by atoms with Gasteiger partial charge in [-0.25, -0.2) is 0 Å². The van der Waals surface area contributed by atoms with E-state index in [1.165, 1.54) is 0 Å². The number of nitrogens with one attached hydrogen (secondary N) is 1. The van der Waals surface area contributed by atoms with E-state index in [4.69, 9.17) is 9.84 Å². The Morgan fingerprint density at radius 2 is 2.22 bits per heavy atom. The number of rotatable bonds is 5. The first-order valence-electron chi connectivity index (χ1n) is 5.70. The molecule has 0 radical (unpaired) electrons. The number of anilines is 1. The van der Waals surface area contributed by atoms with Crippen molar-refractivity contribution in [2.24, 2.45) is 0 Å². The summed E-state index contributed by atoms with van der Waals surface area (Å²) in [5.41, 5.74) is 1.62. The number of hydrogen-bond acceptors (Lipinski definition) is 5. The highest BCUT2D eigenvalue weighted by molar-refractivity contribution is 5.94. The molecular formula is C13H16N2O3. The third-order valence-corrected chi connectivity index (χ3v) is 2.69. The molecule has 0 saturated carbocycles. The van der Waals surface area contributed by atoms with Crippen LogP contribution < -0.4 is 10.1 Å². The molecule has 2 rings (SSSR count). The van der Waals surface area contributed by atoms with Crippen LogP contribution in [0.3, 0.4) is 0 Å². The van der Waals surface area contributed by atoms with Gasteiger partial charge in [-0.05, 0) is 12.1 Å². The summed E-state index contributed by atoms with van der Waals surface area (Å²) in [6.45, 7) is 0.0200. The van der Waals surface area contributed by atoms with Crippen molar-refractivity contribution in [3.05, 3.63) is 30.5 Å². The normalized spacial score (nSPS) is 12.4. The summed E-state index contributed by atoms with van der Waals surface area (Å²) < 4.78 is 5.25. The highest BCUT2D eigenvalue weighted by Gasteiger charge is 2.07. The van der Waals surface area contributed by atoms with Crippen LogP contribution in [0.15, 0.2) is 30.5 Å². The van der Waals surface area contributed by atoms with Gasteiger partial charge in [0.2, 0.25) is 0 Å². The fourth-order valence-corrected chi connectivity index (χ4v) is 1.76. The first kappa shape index (κ1) is 12.6. The van der Waals surface area contributed by atoms with E-state index in [1.807, 2.05) is 24.3 Å². The van der Waals surface area contributed by atoms with Gasteiger partial charge in [-0.3, -0.25) is 4.98 Å². The summed E-state index contributed by atoms with van der Waals surface area (Å²) in [6, 6.07) is 7.49. The summed E-state index contributed by atoms with van der Waals surface area (Å²) in [4.78, 5) is 4.28. The Labute approximate surface area is 105 Å². The minimum Gasteiger partial charge on any atom is -0.494 e. The van der Waals surface area contributed by atoms with Crippen LogP contribution in [0.5, 0.6) is 5.75 Å². The molecule has 0 amide bonds. The number of para-hydroxylation sites is 1. The summed E-state index contributed by atoms with van der Waals surface area (Å²) in [5.74, 6) is 0.707. The first-order valence-corrected chi connectivity index (χ1v) is 5.70. The van der Waals surface area contributed by atoms with Crippen LogP contribution in [0.4, 0.5) is 5.69 Å². The lowest BCUT2D eigenvalue weighted by Gasteiger charge is -2.13. The minimum atomic E-state index is -0.779. The predicted molar refractivity (Wildman–Crippen MR) is 69.9 cm³/mol. The summed E-state index contributed by atoms with van der Waals surface area (Å²) in [6.07, 6.45) is 0.900. The molecule has 0 spiro atoms. The van der Waals surface area contributed by atoms with E-state index >= 15 is 0 Å². The molecule has 0 aliphatic carbocycles. The fourth-order valence-electron chi connectivity index (χ4n) is 1.76. The van der Waals surface area contributed by atoms with E-state index in [9.17, 15) is 5.11 Å². The lowest BCUT2D eigenvalue weighted by molar-refractivity contribution is 0.105. The number of hydrogen-bond donors (Lipinski definition) is 3. The lowest BCUT2D eigenvalue weighted by atomic mass is 10.1. The van der Waals surface area contributed by atoms with Gasteiger partial charge >= 0.3 is 0 Å². The Bertz CT molecular complexity index is 531. The van der Waals surface area contributed by atoms with Crippen molar-refractivity contribution in [1.29, 1.82) is 0 Å². The van der Waals surface area contributed by atoms with Crippen LogP contribution in [0.2, 0.25) is 0 Å². The summed E-state index contributed by atoms with van der Waals surface area (Å²) >= 11 is 0. The minimum absolute atomic E-state index is 0.265. The van der Waals surface area contributed by atoms with Gasteiger partial charge in [0.15, 0.2) is 0 Å². The van der Waals surface area contributed by atoms with Crippen LogP contribution in [0, 0.1) is 0 Å². The van der Waals surface area contributed by atoms with Crippen molar-refractivity contribution in [2.75, 3.05) is 25.6 Å². The zero-order chi connectivity index (χ0) is 13.0. The van der Waals surface area contributed by atoms with Gasteiger partial charge in [0, 0.05) is 23.8 Å². The van der Waals surface area contributed by atoms with Gasteiger partial charge in [0.25, 0.3) is 0 Å². The molecule has 18 heavy (non-hydrogen) atoms. The highest BCUT2D eigenvalue weighted by Crippen LogP contribution is 2.28. The van der Waals surface area contributed by atoms with Crippen LogP contribution in [0.25, 0.3) is 10.9 Å².